The van der Waals surface area contributed by atoms with E-state index in [-0.39, 0.29) is 24.5 Å². The first kappa shape index (κ1) is 35.9. The van der Waals surface area contributed by atoms with Crippen LogP contribution < -0.4 is 5.32 Å². The van der Waals surface area contributed by atoms with E-state index in [1.165, 1.54) is 0 Å². The fourth-order valence-corrected chi connectivity index (χ4v) is 5.97. The molecule has 0 saturated carbocycles. The van der Waals surface area contributed by atoms with Gasteiger partial charge in [-0.15, -0.1) is 0 Å². The number of hydrogen-bond donors (Lipinski definition) is 1. The molecule has 0 aliphatic carbocycles. The van der Waals surface area contributed by atoms with E-state index in [0.717, 1.165) is 29.5 Å². The molecular formula is C32H41ClN3O4RuS+. The van der Waals surface area contributed by atoms with Crippen molar-refractivity contribution in [3.63, 3.8) is 0 Å². The summed E-state index contributed by atoms with van der Waals surface area (Å²) in [5, 5.41) is 3.60. The van der Waals surface area contributed by atoms with Crippen LogP contribution in [0.15, 0.2) is 89.8 Å². The first-order valence-electron chi connectivity index (χ1n) is 13.5. The molecule has 0 spiro atoms. The van der Waals surface area contributed by atoms with Gasteiger partial charge in [-0.3, -0.25) is 0 Å². The molecule has 1 saturated heterocycles. The molecule has 7 nitrogen and oxygen atoms in total. The van der Waals surface area contributed by atoms with E-state index in [4.69, 9.17) is 4.74 Å². The fraction of sp³-hybridized carbons (Fsp3) is 0.375. The van der Waals surface area contributed by atoms with E-state index in [9.17, 15) is 13.2 Å². The zero-order valence-corrected chi connectivity index (χ0v) is 28.1. The summed E-state index contributed by atoms with van der Waals surface area (Å²) in [5.41, 5.74) is 2.09. The van der Waals surface area contributed by atoms with Gasteiger partial charge in [0.15, 0.2) is 0 Å². The number of likely N-dealkylation sites (tertiary alicyclic amines) is 1. The molecule has 0 radical (unpaired) electrons. The number of benzene rings is 3. The number of carbonyl (C=O) groups excluding carboxylic acids is 1. The second-order valence-corrected chi connectivity index (χ2v) is 12.6. The molecule has 4 rings (SSSR count). The normalized spacial score (nSPS) is 16.4. The van der Waals surface area contributed by atoms with Crippen LogP contribution in [0.3, 0.4) is 0 Å². The zero-order valence-electron chi connectivity index (χ0n) is 24.8. The molecule has 1 aliphatic heterocycles. The molecule has 1 fully saturated rings. The van der Waals surface area contributed by atoms with Crippen molar-refractivity contribution in [2.45, 2.75) is 69.2 Å². The van der Waals surface area contributed by atoms with Gasteiger partial charge in [-0.1, -0.05) is 90.0 Å². The van der Waals surface area contributed by atoms with E-state index in [2.05, 4.69) is 19.7 Å². The van der Waals surface area contributed by atoms with Gasteiger partial charge in [-0.2, -0.15) is 0 Å². The predicted molar refractivity (Wildman–Crippen MR) is 166 cm³/mol. The third-order valence-corrected chi connectivity index (χ3v) is 8.14. The quantitative estimate of drug-likeness (QED) is 0.183. The van der Waals surface area contributed by atoms with Crippen molar-refractivity contribution in [1.82, 2.24) is 10.2 Å². The molecule has 1 aliphatic rings. The summed E-state index contributed by atoms with van der Waals surface area (Å²) in [4.78, 5) is 14.8. The van der Waals surface area contributed by atoms with Crippen LogP contribution in [-0.4, -0.2) is 44.1 Å². The number of ether oxygens (including phenoxy) is 1. The molecule has 0 aromatic heterocycles. The first-order valence-corrected chi connectivity index (χ1v) is 17.2. The molecule has 1 unspecified atom stereocenters. The van der Waals surface area contributed by atoms with Gasteiger partial charge >= 0.3 is 33.1 Å². The molecule has 10 heteroatoms. The summed E-state index contributed by atoms with van der Waals surface area (Å²) in [6.45, 7) is 8.60. The van der Waals surface area contributed by atoms with E-state index in [1.807, 2.05) is 106 Å². The van der Waals surface area contributed by atoms with E-state index < -0.39 is 27.7 Å². The van der Waals surface area contributed by atoms with Gasteiger partial charge in [-0.05, 0) is 58.2 Å². The Hall–Kier alpha value is -2.29. The van der Waals surface area contributed by atoms with Crippen LogP contribution in [0, 0.1) is 14.4 Å². The number of halogens is 1. The second kappa shape index (κ2) is 16.5. The number of aryl methyl sites for hydroxylation is 1. The van der Waals surface area contributed by atoms with Crippen LogP contribution in [0.5, 0.6) is 0 Å². The predicted octanol–water partition coefficient (Wildman–Crippen LogP) is 7.67. The zero-order chi connectivity index (χ0) is 30.0. The van der Waals surface area contributed by atoms with E-state index >= 15 is 0 Å². The van der Waals surface area contributed by atoms with Crippen LogP contribution in [0.2, 0.25) is 0 Å². The average molecular weight is 700 g/mol. The van der Waals surface area contributed by atoms with Gasteiger partial charge in [-0.25, -0.2) is 13.2 Å². The van der Waals surface area contributed by atoms with Gasteiger partial charge in [0, 0.05) is 30.1 Å². The van der Waals surface area contributed by atoms with Crippen molar-refractivity contribution in [3.05, 3.63) is 114 Å². The number of rotatable bonds is 9. The monoisotopic (exact) mass is 700 g/mol. The van der Waals surface area contributed by atoms with Gasteiger partial charge in [0.25, 0.3) is 0 Å². The molecule has 3 atom stereocenters. The number of carbonyl (C=O) groups is 1. The molecule has 1 amide bonds. The number of hydrogen-bond acceptors (Lipinski definition) is 5. The van der Waals surface area contributed by atoms with Crippen LogP contribution in [0.25, 0.3) is 4.72 Å². The average Bonchev–Trinajstić information content (AvgIpc) is 3.43. The van der Waals surface area contributed by atoms with E-state index in [1.54, 1.807) is 29.2 Å². The molecule has 228 valence electrons. The Bertz CT molecular complexity index is 1340. The maximum atomic E-state index is 13.5. The topological polar surface area (TPSA) is 89.8 Å². The molecular weight excluding hydrogens is 659 g/mol. The Morgan fingerprint density at radius 3 is 2.10 bits per heavy atom. The van der Waals surface area contributed by atoms with Gasteiger partial charge in [0.05, 0.1) is 0 Å². The summed E-state index contributed by atoms with van der Waals surface area (Å²) < 4.78 is 37.2. The Labute approximate surface area is 266 Å². The minimum atomic E-state index is -3.96. The van der Waals surface area contributed by atoms with Gasteiger partial charge < -0.3 is 27.1 Å². The summed E-state index contributed by atoms with van der Waals surface area (Å²) in [6, 6.07) is 24.7. The van der Waals surface area contributed by atoms with E-state index in [0.29, 0.717) is 13.1 Å². The molecule has 1 heterocycles. The number of nitrogens with one attached hydrogen (secondary N) is 1. The summed E-state index contributed by atoms with van der Waals surface area (Å²) in [5.74, 6) is 0. The summed E-state index contributed by atoms with van der Waals surface area (Å²) >= 11 is 1.82. The standard InChI is InChI=1S/C31H38N3O4S.CH3.ClH.Ru/c1-23-17-19-27(20-18-23)39(36,37)33-29(25-14-9-6-10-15-25)28(24-12-7-5-8-13-24)32-22-26-16-11-21-34(26)30(35)38-31(2,3)4;;;/h5-10,12-15,17-20,26,28-29,32H,11,16,21-22H2,1-4H3;1H3;1H;/q2*-1;;+4/p-1/t26-,28-,29?;;;/m0.../s1. The van der Waals surface area contributed by atoms with Crippen molar-refractivity contribution in [2.24, 2.45) is 0 Å². The van der Waals surface area contributed by atoms with Crippen LogP contribution in [-0.2, 0) is 32.1 Å². The van der Waals surface area contributed by atoms with Crippen molar-refractivity contribution < 1.29 is 35.3 Å². The summed E-state index contributed by atoms with van der Waals surface area (Å²) in [6.07, 6.45) is 1.40. The van der Waals surface area contributed by atoms with Gasteiger partial charge in [0.1, 0.15) is 15.6 Å². The molecule has 3 aromatic carbocycles. The van der Waals surface area contributed by atoms with Crippen LogP contribution in [0.4, 0.5) is 4.79 Å². The minimum absolute atomic E-state index is 0. The Morgan fingerprint density at radius 1 is 1.00 bits per heavy atom. The molecule has 1 N–H and O–H groups in total. The first-order chi connectivity index (χ1) is 19.5. The summed E-state index contributed by atoms with van der Waals surface area (Å²) in [7, 11) is 0.610. The Morgan fingerprint density at radius 2 is 1.55 bits per heavy atom. The van der Waals surface area contributed by atoms with Crippen molar-refractivity contribution in [3.8, 4) is 0 Å². The van der Waals surface area contributed by atoms with Crippen molar-refractivity contribution in [2.75, 3.05) is 13.1 Å². The number of sulfonamides is 1. The second-order valence-electron chi connectivity index (χ2n) is 11.0. The Balaban J connectivity index is 0.00000201. The van der Waals surface area contributed by atoms with Crippen LogP contribution >= 0.6 is 9.69 Å². The van der Waals surface area contributed by atoms with Crippen LogP contribution in [0.1, 0.15) is 62.4 Å². The van der Waals surface area contributed by atoms with Crippen molar-refractivity contribution in [1.29, 1.82) is 0 Å². The molecule has 3 aromatic rings. The number of nitrogens with zero attached hydrogens (tertiary/aromatic N) is 2. The third-order valence-electron chi connectivity index (χ3n) is 6.77. The maximum absolute atomic E-state index is 13.5. The molecule has 42 heavy (non-hydrogen) atoms. The number of amides is 1. The third kappa shape index (κ3) is 10.2. The SMILES string of the molecule is Cc1ccc(S(=O)(=O)[N-]C(c2ccccc2)[C@@H](NC[C@@H]2CCCN2C(=O)OC(C)(C)C)c2ccccc2)cc1.[CH3-].[Cl][Ru+3]. The van der Waals surface area contributed by atoms with Crippen molar-refractivity contribution >= 4 is 25.8 Å². The Kier molecular flexibility index (Phi) is 14.1. The fourth-order valence-electron chi connectivity index (χ4n) is 4.83. The van der Waals surface area contributed by atoms with Gasteiger partial charge in [0.2, 0.25) is 0 Å². The molecule has 0 bridgehead atoms.